The summed E-state index contributed by atoms with van der Waals surface area (Å²) in [5.41, 5.74) is 0.747. The fraction of sp³-hybridized carbons (Fsp3) is 0.571. The van der Waals surface area contributed by atoms with E-state index in [1.807, 2.05) is 0 Å². The number of aromatic nitrogens is 2. The Labute approximate surface area is 73.1 Å². The van der Waals surface area contributed by atoms with Gasteiger partial charge in [-0.2, -0.15) is 13.2 Å². The van der Waals surface area contributed by atoms with Gasteiger partial charge in [-0.15, -0.1) is 5.10 Å². The molecular weight excluding hydrogens is 185 g/mol. The summed E-state index contributed by atoms with van der Waals surface area (Å²) < 4.78 is 40.9. The number of hydrogen-bond acceptors (Lipinski definition) is 2. The smallest absolute Gasteiger partial charge is 0.422 e. The van der Waals surface area contributed by atoms with Crippen molar-refractivity contribution >= 4 is 0 Å². The molecule has 13 heavy (non-hydrogen) atoms. The molecule has 1 heterocycles. The van der Waals surface area contributed by atoms with Crippen LogP contribution in [0.1, 0.15) is 5.69 Å². The van der Waals surface area contributed by atoms with Crippen molar-refractivity contribution < 1.29 is 17.9 Å². The quantitative estimate of drug-likeness (QED) is 0.716. The lowest BCUT2D eigenvalue weighted by atomic mass is 10.5. The molecule has 0 N–H and O–H groups in total. The third-order valence-corrected chi connectivity index (χ3v) is 1.48. The topological polar surface area (TPSA) is 27.1 Å². The molecule has 3 nitrogen and oxygen atoms in total. The molecular formula is C7H9F3N2O. The van der Waals surface area contributed by atoms with Crippen LogP contribution in [0.3, 0.4) is 0 Å². The summed E-state index contributed by atoms with van der Waals surface area (Å²) in [6.45, 7) is 0.427. The van der Waals surface area contributed by atoms with Crippen LogP contribution in [0.15, 0.2) is 6.07 Å². The summed E-state index contributed by atoms with van der Waals surface area (Å²) in [6, 6.07) is 1.45. The summed E-state index contributed by atoms with van der Waals surface area (Å²) in [4.78, 5) is 0. The van der Waals surface area contributed by atoms with E-state index in [1.165, 1.54) is 10.7 Å². The molecule has 0 spiro atoms. The summed E-state index contributed by atoms with van der Waals surface area (Å²) in [7, 11) is 1.63. The van der Waals surface area contributed by atoms with Crippen LogP contribution in [0.25, 0.3) is 0 Å². The van der Waals surface area contributed by atoms with E-state index in [0.29, 0.717) is 0 Å². The van der Waals surface area contributed by atoms with Crippen molar-refractivity contribution in [3.05, 3.63) is 11.8 Å². The maximum Gasteiger partial charge on any atom is 0.422 e. The standard InChI is InChI=1S/C7H9F3N2O/c1-5-3-6(11-12(5)2)13-4-7(8,9)10/h3H,4H2,1-2H3. The Morgan fingerprint density at radius 3 is 2.54 bits per heavy atom. The molecule has 0 fully saturated rings. The Hall–Kier alpha value is -1.20. The maximum absolute atomic E-state index is 11.7. The van der Waals surface area contributed by atoms with Crippen LogP contribution in [-0.4, -0.2) is 22.6 Å². The van der Waals surface area contributed by atoms with E-state index in [0.717, 1.165) is 5.69 Å². The number of nitrogens with zero attached hydrogens (tertiary/aromatic N) is 2. The van der Waals surface area contributed by atoms with Crippen molar-refractivity contribution in [1.82, 2.24) is 9.78 Å². The lowest BCUT2D eigenvalue weighted by molar-refractivity contribution is -0.154. The van der Waals surface area contributed by atoms with Gasteiger partial charge in [-0.25, -0.2) is 0 Å². The van der Waals surface area contributed by atoms with Crippen LogP contribution in [-0.2, 0) is 7.05 Å². The normalized spacial score (nSPS) is 11.8. The van der Waals surface area contributed by atoms with Gasteiger partial charge in [0.2, 0.25) is 5.88 Å². The van der Waals surface area contributed by atoms with Crippen molar-refractivity contribution in [3.8, 4) is 5.88 Å². The lowest BCUT2D eigenvalue weighted by Crippen LogP contribution is -2.19. The summed E-state index contributed by atoms with van der Waals surface area (Å²) in [5.74, 6) is -0.00248. The van der Waals surface area contributed by atoms with E-state index in [1.54, 1.807) is 14.0 Å². The van der Waals surface area contributed by atoms with Crippen molar-refractivity contribution in [2.45, 2.75) is 13.1 Å². The Kier molecular flexibility index (Phi) is 2.49. The van der Waals surface area contributed by atoms with Crippen LogP contribution in [0.5, 0.6) is 5.88 Å². The second kappa shape index (κ2) is 3.27. The SMILES string of the molecule is Cc1cc(OCC(F)(F)F)nn1C. The second-order valence-electron chi connectivity index (χ2n) is 2.65. The number of hydrogen-bond donors (Lipinski definition) is 0. The average Bonchev–Trinajstić information content (AvgIpc) is 2.27. The molecule has 0 aliphatic carbocycles. The fourth-order valence-corrected chi connectivity index (χ4v) is 0.754. The Morgan fingerprint density at radius 1 is 1.54 bits per heavy atom. The minimum absolute atomic E-state index is 0.00248. The highest BCUT2D eigenvalue weighted by Gasteiger charge is 2.28. The molecule has 1 aromatic heterocycles. The minimum atomic E-state index is -4.31. The first kappa shape index (κ1) is 9.88. The highest BCUT2D eigenvalue weighted by molar-refractivity contribution is 5.13. The van der Waals surface area contributed by atoms with Gasteiger partial charge in [0.25, 0.3) is 0 Å². The number of rotatable bonds is 2. The largest absolute Gasteiger partial charge is 0.467 e. The highest BCUT2D eigenvalue weighted by Crippen LogP contribution is 2.17. The predicted octanol–water partition coefficient (Wildman–Crippen LogP) is 1.67. The fourth-order valence-electron chi connectivity index (χ4n) is 0.754. The molecule has 6 heteroatoms. The Morgan fingerprint density at radius 2 is 2.15 bits per heavy atom. The number of aryl methyl sites for hydroxylation is 2. The zero-order valence-electron chi connectivity index (χ0n) is 7.22. The molecule has 0 radical (unpaired) electrons. The van der Waals surface area contributed by atoms with Crippen molar-refractivity contribution in [3.63, 3.8) is 0 Å². The van der Waals surface area contributed by atoms with Crippen LogP contribution >= 0.6 is 0 Å². The van der Waals surface area contributed by atoms with Gasteiger partial charge in [0, 0.05) is 18.8 Å². The van der Waals surface area contributed by atoms with E-state index >= 15 is 0 Å². The van der Waals surface area contributed by atoms with Gasteiger partial charge in [-0.05, 0) is 6.92 Å². The molecule has 1 rings (SSSR count). The summed E-state index contributed by atoms with van der Waals surface area (Å²) >= 11 is 0. The van der Waals surface area contributed by atoms with Crippen LogP contribution < -0.4 is 4.74 Å². The molecule has 0 aromatic carbocycles. The van der Waals surface area contributed by atoms with Gasteiger partial charge in [0.05, 0.1) is 0 Å². The predicted molar refractivity (Wildman–Crippen MR) is 39.5 cm³/mol. The van der Waals surface area contributed by atoms with Gasteiger partial charge in [0.1, 0.15) is 0 Å². The van der Waals surface area contributed by atoms with Gasteiger partial charge in [0.15, 0.2) is 6.61 Å². The number of alkyl halides is 3. The number of ether oxygens (including phenoxy) is 1. The summed E-state index contributed by atoms with van der Waals surface area (Å²) in [6.07, 6.45) is -4.31. The van der Waals surface area contributed by atoms with Crippen LogP contribution in [0.4, 0.5) is 13.2 Å². The van der Waals surface area contributed by atoms with E-state index in [2.05, 4.69) is 9.84 Å². The van der Waals surface area contributed by atoms with Crippen molar-refractivity contribution in [1.29, 1.82) is 0 Å². The van der Waals surface area contributed by atoms with E-state index in [-0.39, 0.29) is 5.88 Å². The Balaban J connectivity index is 2.56. The van der Waals surface area contributed by atoms with Gasteiger partial charge < -0.3 is 4.74 Å². The summed E-state index contributed by atoms with van der Waals surface area (Å²) in [5, 5.41) is 3.71. The number of halogens is 3. The van der Waals surface area contributed by atoms with Crippen LogP contribution in [0.2, 0.25) is 0 Å². The molecule has 0 atom stereocenters. The Bertz CT molecular complexity index is 273. The van der Waals surface area contributed by atoms with Crippen LogP contribution in [0, 0.1) is 6.92 Å². The first-order valence-corrected chi connectivity index (χ1v) is 3.59. The zero-order valence-corrected chi connectivity index (χ0v) is 7.22. The maximum atomic E-state index is 11.7. The molecule has 0 aliphatic heterocycles. The second-order valence-corrected chi connectivity index (χ2v) is 2.65. The third kappa shape index (κ3) is 2.96. The highest BCUT2D eigenvalue weighted by atomic mass is 19.4. The molecule has 0 saturated heterocycles. The van der Waals surface area contributed by atoms with Gasteiger partial charge in [-0.3, -0.25) is 4.68 Å². The van der Waals surface area contributed by atoms with E-state index < -0.39 is 12.8 Å². The monoisotopic (exact) mass is 194 g/mol. The first-order chi connectivity index (χ1) is 5.88. The van der Waals surface area contributed by atoms with Crippen molar-refractivity contribution in [2.75, 3.05) is 6.61 Å². The molecule has 0 aliphatic rings. The first-order valence-electron chi connectivity index (χ1n) is 3.59. The average molecular weight is 194 g/mol. The molecule has 0 unspecified atom stereocenters. The molecule has 0 amide bonds. The molecule has 74 valence electrons. The third-order valence-electron chi connectivity index (χ3n) is 1.48. The van der Waals surface area contributed by atoms with Gasteiger partial charge in [-0.1, -0.05) is 0 Å². The molecule has 0 saturated carbocycles. The van der Waals surface area contributed by atoms with Crippen molar-refractivity contribution in [2.24, 2.45) is 7.05 Å². The van der Waals surface area contributed by atoms with E-state index in [4.69, 9.17) is 0 Å². The lowest BCUT2D eigenvalue weighted by Gasteiger charge is -2.05. The van der Waals surface area contributed by atoms with Gasteiger partial charge >= 0.3 is 6.18 Å². The minimum Gasteiger partial charge on any atom is -0.467 e. The van der Waals surface area contributed by atoms with E-state index in [9.17, 15) is 13.2 Å². The molecule has 1 aromatic rings. The molecule has 0 bridgehead atoms. The zero-order chi connectivity index (χ0) is 10.1.